The van der Waals surface area contributed by atoms with E-state index >= 15 is 0 Å². The zero-order chi connectivity index (χ0) is 19.5. The van der Waals surface area contributed by atoms with E-state index in [1.165, 1.54) is 11.3 Å². The van der Waals surface area contributed by atoms with E-state index in [0.717, 1.165) is 44.5 Å². The van der Waals surface area contributed by atoms with E-state index in [-0.39, 0.29) is 0 Å². The summed E-state index contributed by atoms with van der Waals surface area (Å²) in [5.74, 6) is 1.15. The SMILES string of the molecule is COc1ccc(CN2C(=O)CCCC[C@@H]3[C@@H]2CCN3Cc2ccnn2C)cc1. The second kappa shape index (κ2) is 8.35. The maximum Gasteiger partial charge on any atom is 0.223 e. The van der Waals surface area contributed by atoms with Gasteiger partial charge in [0.25, 0.3) is 0 Å². The van der Waals surface area contributed by atoms with Crippen LogP contribution in [0.15, 0.2) is 36.5 Å². The molecular formula is C22H30N4O2. The minimum atomic E-state index is 0.295. The van der Waals surface area contributed by atoms with E-state index < -0.39 is 0 Å². The highest BCUT2D eigenvalue weighted by atomic mass is 16.5. The molecule has 1 amide bonds. The number of hydrogen-bond acceptors (Lipinski definition) is 4. The summed E-state index contributed by atoms with van der Waals surface area (Å²) in [5, 5.41) is 4.31. The number of benzene rings is 1. The summed E-state index contributed by atoms with van der Waals surface area (Å²) in [6.45, 7) is 2.62. The molecule has 2 aromatic rings. The average Bonchev–Trinajstić information content (AvgIpc) is 3.29. The Labute approximate surface area is 167 Å². The van der Waals surface area contributed by atoms with Crippen molar-refractivity contribution in [2.24, 2.45) is 7.05 Å². The average molecular weight is 383 g/mol. The highest BCUT2D eigenvalue weighted by Gasteiger charge is 2.40. The van der Waals surface area contributed by atoms with Gasteiger partial charge < -0.3 is 9.64 Å². The first-order chi connectivity index (χ1) is 13.7. The zero-order valence-electron chi connectivity index (χ0n) is 16.9. The molecule has 1 aromatic carbocycles. The molecule has 1 aromatic heterocycles. The highest BCUT2D eigenvalue weighted by molar-refractivity contribution is 5.76. The van der Waals surface area contributed by atoms with Crippen molar-refractivity contribution in [1.29, 1.82) is 0 Å². The molecule has 0 bridgehead atoms. The van der Waals surface area contributed by atoms with Crippen molar-refractivity contribution in [2.45, 2.75) is 57.3 Å². The van der Waals surface area contributed by atoms with Crippen LogP contribution in [-0.2, 0) is 24.9 Å². The number of aromatic nitrogens is 2. The zero-order valence-corrected chi connectivity index (χ0v) is 16.9. The first-order valence-electron chi connectivity index (χ1n) is 10.3. The van der Waals surface area contributed by atoms with Crippen molar-refractivity contribution >= 4 is 5.91 Å². The summed E-state index contributed by atoms with van der Waals surface area (Å²) >= 11 is 0. The number of rotatable bonds is 5. The Morgan fingerprint density at radius 1 is 1.07 bits per heavy atom. The molecular weight excluding hydrogens is 352 g/mol. The van der Waals surface area contributed by atoms with Crippen LogP contribution in [0, 0.1) is 0 Å². The third-order valence-corrected chi connectivity index (χ3v) is 6.29. The van der Waals surface area contributed by atoms with Gasteiger partial charge in [0.2, 0.25) is 5.91 Å². The number of ether oxygens (including phenoxy) is 1. The van der Waals surface area contributed by atoms with Crippen LogP contribution in [0.5, 0.6) is 5.75 Å². The Kier molecular flexibility index (Phi) is 5.67. The molecule has 0 spiro atoms. The number of fused-ring (bicyclic) bond motifs is 1. The van der Waals surface area contributed by atoms with Crippen LogP contribution in [-0.4, -0.2) is 51.2 Å². The van der Waals surface area contributed by atoms with Crippen LogP contribution in [0.2, 0.25) is 0 Å². The van der Waals surface area contributed by atoms with Crippen molar-refractivity contribution in [3.05, 3.63) is 47.8 Å². The summed E-state index contributed by atoms with van der Waals surface area (Å²) in [4.78, 5) is 17.7. The third kappa shape index (κ3) is 3.92. The Bertz CT molecular complexity index is 801. The number of aryl methyl sites for hydroxylation is 1. The lowest BCUT2D eigenvalue weighted by Crippen LogP contribution is -2.48. The van der Waals surface area contributed by atoms with E-state index in [1.54, 1.807) is 7.11 Å². The fourth-order valence-corrected chi connectivity index (χ4v) is 4.69. The Hall–Kier alpha value is -2.34. The number of carbonyl (C=O) groups excluding carboxylic acids is 1. The van der Waals surface area contributed by atoms with Gasteiger partial charge in [-0.05, 0) is 43.0 Å². The molecule has 2 atom stereocenters. The number of methoxy groups -OCH3 is 1. The lowest BCUT2D eigenvalue weighted by Gasteiger charge is -2.37. The number of hydrogen-bond donors (Lipinski definition) is 0. The van der Waals surface area contributed by atoms with Gasteiger partial charge in [-0.15, -0.1) is 0 Å². The molecule has 0 N–H and O–H groups in total. The molecule has 2 fully saturated rings. The fraction of sp³-hybridized carbons (Fsp3) is 0.545. The van der Waals surface area contributed by atoms with Gasteiger partial charge in [-0.25, -0.2) is 0 Å². The molecule has 2 aliphatic rings. The molecule has 3 heterocycles. The van der Waals surface area contributed by atoms with E-state index in [4.69, 9.17) is 4.74 Å². The van der Waals surface area contributed by atoms with Gasteiger partial charge in [0.15, 0.2) is 0 Å². The van der Waals surface area contributed by atoms with Crippen LogP contribution in [0.4, 0.5) is 0 Å². The van der Waals surface area contributed by atoms with E-state index in [2.05, 4.69) is 33.1 Å². The largest absolute Gasteiger partial charge is 0.497 e. The number of amides is 1. The second-order valence-corrected chi connectivity index (χ2v) is 7.96. The predicted octanol–water partition coefficient (Wildman–Crippen LogP) is 2.97. The van der Waals surface area contributed by atoms with Gasteiger partial charge in [-0.3, -0.25) is 14.4 Å². The molecule has 0 aliphatic carbocycles. The molecule has 150 valence electrons. The Morgan fingerprint density at radius 2 is 1.89 bits per heavy atom. The quantitative estimate of drug-likeness (QED) is 0.798. The summed E-state index contributed by atoms with van der Waals surface area (Å²) < 4.78 is 7.22. The second-order valence-electron chi connectivity index (χ2n) is 7.96. The maximum atomic E-state index is 13.0. The standard InChI is InChI=1S/C22H30N4O2/c1-24-18(11-13-23-24)16-25-14-12-21-20(25)5-3-4-6-22(27)26(21)15-17-7-9-19(28-2)10-8-17/h7-11,13,20-21H,3-6,12,14-16H2,1-2H3/t20-,21+/m1/s1. The Morgan fingerprint density at radius 3 is 2.61 bits per heavy atom. The lowest BCUT2D eigenvalue weighted by atomic mass is 9.96. The first kappa shape index (κ1) is 19.0. The lowest BCUT2D eigenvalue weighted by molar-refractivity contribution is -0.135. The minimum absolute atomic E-state index is 0.295. The van der Waals surface area contributed by atoms with Gasteiger partial charge in [0.1, 0.15) is 5.75 Å². The van der Waals surface area contributed by atoms with Crippen LogP contribution in [0.25, 0.3) is 0 Å². The molecule has 6 nitrogen and oxygen atoms in total. The molecule has 2 saturated heterocycles. The van der Waals surface area contributed by atoms with E-state index in [9.17, 15) is 4.79 Å². The van der Waals surface area contributed by atoms with Crippen LogP contribution in [0.1, 0.15) is 43.4 Å². The number of likely N-dealkylation sites (tertiary alicyclic amines) is 2. The van der Waals surface area contributed by atoms with E-state index in [1.807, 2.05) is 30.1 Å². The summed E-state index contributed by atoms with van der Waals surface area (Å²) in [6.07, 6.45) is 6.85. The van der Waals surface area contributed by atoms with Crippen molar-refractivity contribution in [1.82, 2.24) is 19.6 Å². The summed E-state index contributed by atoms with van der Waals surface area (Å²) in [5.41, 5.74) is 2.40. The van der Waals surface area contributed by atoms with Crippen LogP contribution in [0.3, 0.4) is 0 Å². The van der Waals surface area contributed by atoms with Gasteiger partial charge in [-0.2, -0.15) is 5.10 Å². The van der Waals surface area contributed by atoms with Crippen LogP contribution < -0.4 is 4.74 Å². The first-order valence-corrected chi connectivity index (χ1v) is 10.3. The van der Waals surface area contributed by atoms with Crippen molar-refractivity contribution in [2.75, 3.05) is 13.7 Å². The number of nitrogens with zero attached hydrogens (tertiary/aromatic N) is 4. The molecule has 4 rings (SSSR count). The molecule has 2 aliphatic heterocycles. The smallest absolute Gasteiger partial charge is 0.223 e. The summed E-state index contributed by atoms with van der Waals surface area (Å²) in [7, 11) is 3.68. The Balaban J connectivity index is 1.53. The van der Waals surface area contributed by atoms with Gasteiger partial charge in [-0.1, -0.05) is 18.6 Å². The van der Waals surface area contributed by atoms with Gasteiger partial charge in [0, 0.05) is 51.4 Å². The van der Waals surface area contributed by atoms with Crippen molar-refractivity contribution in [3.63, 3.8) is 0 Å². The third-order valence-electron chi connectivity index (χ3n) is 6.29. The maximum absolute atomic E-state index is 13.0. The molecule has 0 unspecified atom stereocenters. The topological polar surface area (TPSA) is 50.6 Å². The van der Waals surface area contributed by atoms with Gasteiger partial charge >= 0.3 is 0 Å². The minimum Gasteiger partial charge on any atom is -0.497 e. The van der Waals surface area contributed by atoms with Crippen molar-refractivity contribution in [3.8, 4) is 5.75 Å². The van der Waals surface area contributed by atoms with Crippen LogP contribution >= 0.6 is 0 Å². The molecule has 0 radical (unpaired) electrons. The van der Waals surface area contributed by atoms with E-state index in [0.29, 0.717) is 31.0 Å². The molecule has 0 saturated carbocycles. The highest BCUT2D eigenvalue weighted by Crippen LogP contribution is 2.32. The van der Waals surface area contributed by atoms with Gasteiger partial charge in [0.05, 0.1) is 12.8 Å². The monoisotopic (exact) mass is 382 g/mol. The molecule has 6 heteroatoms. The fourth-order valence-electron chi connectivity index (χ4n) is 4.69. The molecule has 28 heavy (non-hydrogen) atoms. The van der Waals surface area contributed by atoms with Crippen molar-refractivity contribution < 1.29 is 9.53 Å². The number of carbonyl (C=O) groups is 1. The summed E-state index contributed by atoms with van der Waals surface area (Å²) in [6, 6.07) is 10.9. The predicted molar refractivity (Wildman–Crippen MR) is 108 cm³/mol. The normalized spacial score (nSPS) is 23.4.